The van der Waals surface area contributed by atoms with Gasteiger partial charge in [-0.1, -0.05) is 12.1 Å². The molecule has 0 aliphatic carbocycles. The molecule has 118 valence electrons. The van der Waals surface area contributed by atoms with E-state index in [4.69, 9.17) is 4.74 Å². The molecule has 1 heterocycles. The van der Waals surface area contributed by atoms with Crippen LogP contribution in [0.5, 0.6) is 0 Å². The quantitative estimate of drug-likeness (QED) is 0.781. The van der Waals surface area contributed by atoms with Crippen LogP contribution in [-0.4, -0.2) is 36.4 Å². The van der Waals surface area contributed by atoms with Crippen molar-refractivity contribution in [3.63, 3.8) is 0 Å². The molecule has 0 unspecified atom stereocenters. The third kappa shape index (κ3) is 4.63. The fourth-order valence-electron chi connectivity index (χ4n) is 2.14. The molecule has 1 aliphatic heterocycles. The normalized spacial score (nSPS) is 17.5. The number of thioether (sulfide) groups is 1. The SMILES string of the molecule is OCC1(CSCCCc2ccc(C(F)(F)F)cc2)COC1. The predicted molar refractivity (Wildman–Crippen MR) is 77.4 cm³/mol. The van der Waals surface area contributed by atoms with Crippen molar-refractivity contribution in [2.24, 2.45) is 5.41 Å². The van der Waals surface area contributed by atoms with Gasteiger partial charge in [-0.2, -0.15) is 24.9 Å². The minimum atomic E-state index is -4.27. The van der Waals surface area contributed by atoms with Gasteiger partial charge in [0.2, 0.25) is 0 Å². The van der Waals surface area contributed by atoms with Crippen molar-refractivity contribution in [2.75, 3.05) is 31.3 Å². The Morgan fingerprint density at radius 2 is 1.86 bits per heavy atom. The van der Waals surface area contributed by atoms with Crippen molar-refractivity contribution >= 4 is 11.8 Å². The number of rotatable bonds is 7. The highest BCUT2D eigenvalue weighted by Crippen LogP contribution is 2.31. The molecule has 0 bridgehead atoms. The Hall–Kier alpha value is -0.720. The molecule has 0 radical (unpaired) electrons. The van der Waals surface area contributed by atoms with Crippen LogP contribution in [0.25, 0.3) is 0 Å². The van der Waals surface area contributed by atoms with Gasteiger partial charge in [-0.25, -0.2) is 0 Å². The highest BCUT2D eigenvalue weighted by atomic mass is 32.2. The maximum absolute atomic E-state index is 12.4. The summed E-state index contributed by atoms with van der Waals surface area (Å²) in [7, 11) is 0. The van der Waals surface area contributed by atoms with Gasteiger partial charge >= 0.3 is 6.18 Å². The first-order valence-corrected chi connectivity index (χ1v) is 8.03. The highest BCUT2D eigenvalue weighted by molar-refractivity contribution is 7.99. The van der Waals surface area contributed by atoms with Crippen LogP contribution in [0.4, 0.5) is 13.2 Å². The zero-order chi connectivity index (χ0) is 15.3. The largest absolute Gasteiger partial charge is 0.416 e. The van der Waals surface area contributed by atoms with Crippen molar-refractivity contribution in [3.05, 3.63) is 35.4 Å². The Morgan fingerprint density at radius 1 is 1.19 bits per heavy atom. The molecule has 6 heteroatoms. The topological polar surface area (TPSA) is 29.5 Å². The summed E-state index contributed by atoms with van der Waals surface area (Å²) in [4.78, 5) is 0. The van der Waals surface area contributed by atoms with Crippen LogP contribution in [-0.2, 0) is 17.3 Å². The molecule has 1 N–H and O–H groups in total. The number of benzene rings is 1. The molecule has 1 aromatic rings. The maximum Gasteiger partial charge on any atom is 0.416 e. The summed E-state index contributed by atoms with van der Waals surface area (Å²) in [6.45, 7) is 1.39. The molecule has 0 aromatic heterocycles. The average Bonchev–Trinajstić information content (AvgIpc) is 2.40. The lowest BCUT2D eigenvalue weighted by molar-refractivity contribution is -0.137. The first-order chi connectivity index (χ1) is 9.95. The Kier molecular flexibility index (Phi) is 5.57. The second-order valence-corrected chi connectivity index (χ2v) is 6.61. The van der Waals surface area contributed by atoms with Crippen molar-refractivity contribution in [1.29, 1.82) is 0 Å². The second kappa shape index (κ2) is 7.03. The summed E-state index contributed by atoms with van der Waals surface area (Å²) in [6.07, 6.45) is -2.58. The minimum absolute atomic E-state index is 0.0704. The fourth-order valence-corrected chi connectivity index (χ4v) is 3.32. The monoisotopic (exact) mass is 320 g/mol. The van der Waals surface area contributed by atoms with E-state index in [2.05, 4.69) is 0 Å². The van der Waals surface area contributed by atoms with Gasteiger partial charge in [-0.3, -0.25) is 0 Å². The van der Waals surface area contributed by atoms with E-state index in [1.54, 1.807) is 23.9 Å². The lowest BCUT2D eigenvalue weighted by atomic mass is 9.90. The standard InChI is InChI=1S/C15H19F3O2S/c16-15(17,18)13-5-3-12(4-6-13)2-1-7-21-11-14(8-19)9-20-10-14/h3-6,19H,1-2,7-11H2. The van der Waals surface area contributed by atoms with Crippen molar-refractivity contribution in [3.8, 4) is 0 Å². The van der Waals surface area contributed by atoms with E-state index < -0.39 is 11.7 Å². The molecule has 2 rings (SSSR count). The number of hydrogen-bond acceptors (Lipinski definition) is 3. The zero-order valence-corrected chi connectivity index (χ0v) is 12.5. The number of halogens is 3. The Balaban J connectivity index is 1.67. The van der Waals surface area contributed by atoms with Gasteiger partial charge in [0.25, 0.3) is 0 Å². The van der Waals surface area contributed by atoms with Crippen molar-refractivity contribution in [2.45, 2.75) is 19.0 Å². The van der Waals surface area contributed by atoms with Gasteiger partial charge in [-0.05, 0) is 36.3 Å². The van der Waals surface area contributed by atoms with E-state index in [1.807, 2.05) is 0 Å². The first kappa shape index (κ1) is 16.6. The number of aliphatic hydroxyl groups is 1. The minimum Gasteiger partial charge on any atom is -0.396 e. The molecule has 2 nitrogen and oxygen atoms in total. The van der Waals surface area contributed by atoms with E-state index in [0.717, 1.165) is 42.0 Å². The third-order valence-electron chi connectivity index (χ3n) is 3.60. The number of aryl methyl sites for hydroxylation is 1. The second-order valence-electron chi connectivity index (χ2n) is 5.50. The van der Waals surface area contributed by atoms with Crippen molar-refractivity contribution < 1.29 is 23.0 Å². The summed E-state index contributed by atoms with van der Waals surface area (Å²) in [5.74, 6) is 1.80. The molecule has 0 spiro atoms. The van der Waals surface area contributed by atoms with E-state index >= 15 is 0 Å². The molecule has 0 atom stereocenters. The lowest BCUT2D eigenvalue weighted by Crippen LogP contribution is -2.47. The van der Waals surface area contributed by atoms with E-state index in [9.17, 15) is 18.3 Å². The summed E-state index contributed by atoms with van der Waals surface area (Å²) >= 11 is 1.77. The smallest absolute Gasteiger partial charge is 0.396 e. The van der Waals surface area contributed by atoms with E-state index in [0.29, 0.717) is 13.2 Å². The molecule has 1 aromatic carbocycles. The molecule has 0 amide bonds. The van der Waals surface area contributed by atoms with Gasteiger partial charge in [0, 0.05) is 11.2 Å². The number of ether oxygens (including phenoxy) is 1. The fraction of sp³-hybridized carbons (Fsp3) is 0.600. The highest BCUT2D eigenvalue weighted by Gasteiger charge is 2.37. The van der Waals surface area contributed by atoms with Crippen LogP contribution >= 0.6 is 11.8 Å². The van der Waals surface area contributed by atoms with E-state index in [-0.39, 0.29) is 12.0 Å². The Bertz CT molecular complexity index is 436. The van der Waals surface area contributed by atoms with Gasteiger partial charge in [0.15, 0.2) is 0 Å². The summed E-state index contributed by atoms with van der Waals surface area (Å²) in [5, 5.41) is 9.28. The van der Waals surface area contributed by atoms with Gasteiger partial charge in [-0.15, -0.1) is 0 Å². The van der Waals surface area contributed by atoms with Crippen LogP contribution in [0.1, 0.15) is 17.5 Å². The Morgan fingerprint density at radius 3 is 2.33 bits per heavy atom. The molecule has 1 aliphatic rings. The lowest BCUT2D eigenvalue weighted by Gasteiger charge is -2.39. The molecular formula is C15H19F3O2S. The number of alkyl halides is 3. The average molecular weight is 320 g/mol. The van der Waals surface area contributed by atoms with E-state index in [1.165, 1.54) is 0 Å². The Labute approximate surface area is 126 Å². The van der Waals surface area contributed by atoms with Gasteiger partial charge < -0.3 is 9.84 Å². The van der Waals surface area contributed by atoms with Crippen LogP contribution < -0.4 is 0 Å². The van der Waals surface area contributed by atoms with Crippen LogP contribution in [0, 0.1) is 5.41 Å². The number of hydrogen-bond donors (Lipinski definition) is 1. The first-order valence-electron chi connectivity index (χ1n) is 6.88. The molecule has 0 saturated carbocycles. The van der Waals surface area contributed by atoms with Crippen LogP contribution in [0.2, 0.25) is 0 Å². The van der Waals surface area contributed by atoms with Crippen LogP contribution in [0.3, 0.4) is 0 Å². The summed E-state index contributed by atoms with van der Waals surface area (Å²) in [5.41, 5.74) is 0.252. The molecule has 1 saturated heterocycles. The van der Waals surface area contributed by atoms with Crippen LogP contribution in [0.15, 0.2) is 24.3 Å². The molecule has 21 heavy (non-hydrogen) atoms. The van der Waals surface area contributed by atoms with Gasteiger partial charge in [0.1, 0.15) is 0 Å². The summed E-state index contributed by atoms with van der Waals surface area (Å²) < 4.78 is 42.4. The third-order valence-corrected chi connectivity index (χ3v) is 4.99. The predicted octanol–water partition coefficient (Wildman–Crippen LogP) is 3.38. The van der Waals surface area contributed by atoms with Crippen molar-refractivity contribution in [1.82, 2.24) is 0 Å². The summed E-state index contributed by atoms with van der Waals surface area (Å²) in [6, 6.07) is 5.36. The zero-order valence-electron chi connectivity index (χ0n) is 11.7. The molecule has 1 fully saturated rings. The van der Waals surface area contributed by atoms with Gasteiger partial charge in [0.05, 0.1) is 25.4 Å². The maximum atomic E-state index is 12.4. The molecular weight excluding hydrogens is 301 g/mol. The number of aliphatic hydroxyl groups excluding tert-OH is 1.